The summed E-state index contributed by atoms with van der Waals surface area (Å²) in [5.74, 6) is 0. The van der Waals surface area contributed by atoms with Crippen LogP contribution in [0.5, 0.6) is 0 Å². The highest BCUT2D eigenvalue weighted by atomic mass is 127. The minimum Gasteiger partial charge on any atom is -0.382 e. The number of halogens is 1. The predicted octanol–water partition coefficient (Wildman–Crippen LogP) is 2.84. The van der Waals surface area contributed by atoms with Crippen LogP contribution in [0.15, 0.2) is 30.3 Å². The van der Waals surface area contributed by atoms with Gasteiger partial charge in [-0.1, -0.05) is 52.9 Å². The summed E-state index contributed by atoms with van der Waals surface area (Å²) in [7, 11) is 1.67. The van der Waals surface area contributed by atoms with Crippen LogP contribution in [-0.2, 0) is 14.2 Å². The summed E-state index contributed by atoms with van der Waals surface area (Å²) in [6, 6.07) is 10.3. The van der Waals surface area contributed by atoms with Gasteiger partial charge in [-0.3, -0.25) is 0 Å². The molecule has 1 unspecified atom stereocenters. The largest absolute Gasteiger partial charge is 0.382 e. The Hall–Kier alpha value is -0.170. The van der Waals surface area contributed by atoms with E-state index in [1.807, 2.05) is 18.2 Å². The van der Waals surface area contributed by atoms with Crippen molar-refractivity contribution in [2.24, 2.45) is 0 Å². The summed E-state index contributed by atoms with van der Waals surface area (Å²) in [6.45, 7) is 2.49. The molecular formula is C13H19IO3. The van der Waals surface area contributed by atoms with Gasteiger partial charge < -0.3 is 14.2 Å². The summed E-state index contributed by atoms with van der Waals surface area (Å²) >= 11 is 2.34. The first-order valence-electron chi connectivity index (χ1n) is 5.67. The average molecular weight is 350 g/mol. The summed E-state index contributed by atoms with van der Waals surface area (Å²) in [5.41, 5.74) is 1.22. The molecular weight excluding hydrogens is 331 g/mol. The van der Waals surface area contributed by atoms with Gasteiger partial charge in [0.25, 0.3) is 0 Å². The van der Waals surface area contributed by atoms with Crippen LogP contribution < -0.4 is 0 Å². The van der Waals surface area contributed by atoms with Gasteiger partial charge in [0.05, 0.1) is 32.5 Å². The molecule has 1 aromatic carbocycles. The Morgan fingerprint density at radius 1 is 1.06 bits per heavy atom. The molecule has 0 bridgehead atoms. The van der Waals surface area contributed by atoms with E-state index in [4.69, 9.17) is 14.2 Å². The first-order valence-corrected chi connectivity index (χ1v) is 7.20. The molecule has 0 aliphatic heterocycles. The quantitative estimate of drug-likeness (QED) is 0.389. The summed E-state index contributed by atoms with van der Waals surface area (Å²) < 4.78 is 17.0. The maximum atomic E-state index is 5.78. The molecule has 0 aliphatic carbocycles. The van der Waals surface area contributed by atoms with Crippen molar-refractivity contribution in [1.29, 1.82) is 0 Å². The minimum atomic E-state index is 0.155. The Kier molecular flexibility index (Phi) is 8.60. The average Bonchev–Trinajstić information content (AvgIpc) is 2.39. The van der Waals surface area contributed by atoms with Gasteiger partial charge in [-0.15, -0.1) is 0 Å². The lowest BCUT2D eigenvalue weighted by Crippen LogP contribution is -2.12. The first kappa shape index (κ1) is 14.9. The summed E-state index contributed by atoms with van der Waals surface area (Å²) in [4.78, 5) is 0. The van der Waals surface area contributed by atoms with Crippen molar-refractivity contribution >= 4 is 22.6 Å². The van der Waals surface area contributed by atoms with Crippen LogP contribution in [0.2, 0.25) is 0 Å². The molecule has 0 aliphatic rings. The van der Waals surface area contributed by atoms with Gasteiger partial charge in [-0.25, -0.2) is 0 Å². The van der Waals surface area contributed by atoms with Crippen LogP contribution in [0, 0.1) is 0 Å². The van der Waals surface area contributed by atoms with Crippen molar-refractivity contribution in [3.8, 4) is 0 Å². The van der Waals surface area contributed by atoms with E-state index in [0.717, 1.165) is 4.43 Å². The van der Waals surface area contributed by atoms with Crippen molar-refractivity contribution in [3.05, 3.63) is 35.9 Å². The number of benzene rings is 1. The lowest BCUT2D eigenvalue weighted by atomic mass is 10.1. The number of hydrogen-bond donors (Lipinski definition) is 0. The molecule has 0 spiro atoms. The van der Waals surface area contributed by atoms with E-state index >= 15 is 0 Å². The second-order valence-corrected chi connectivity index (χ2v) is 4.41. The molecule has 1 aromatic rings. The SMILES string of the molecule is COCCOCCOC(CI)c1ccccc1. The zero-order chi connectivity index (χ0) is 12.3. The Labute approximate surface area is 117 Å². The van der Waals surface area contributed by atoms with Gasteiger partial charge in [0, 0.05) is 11.5 Å². The minimum absolute atomic E-state index is 0.155. The van der Waals surface area contributed by atoms with E-state index in [2.05, 4.69) is 34.7 Å². The Morgan fingerprint density at radius 3 is 2.41 bits per heavy atom. The van der Waals surface area contributed by atoms with Crippen molar-refractivity contribution in [3.63, 3.8) is 0 Å². The number of rotatable bonds is 9. The van der Waals surface area contributed by atoms with Crippen LogP contribution >= 0.6 is 22.6 Å². The van der Waals surface area contributed by atoms with Gasteiger partial charge in [0.2, 0.25) is 0 Å². The normalized spacial score (nSPS) is 12.6. The van der Waals surface area contributed by atoms with E-state index in [-0.39, 0.29) is 6.10 Å². The fourth-order valence-electron chi connectivity index (χ4n) is 1.39. The van der Waals surface area contributed by atoms with Crippen molar-refractivity contribution < 1.29 is 14.2 Å². The van der Waals surface area contributed by atoms with E-state index < -0.39 is 0 Å². The molecule has 4 heteroatoms. The summed E-state index contributed by atoms with van der Waals surface area (Å²) in [6.07, 6.45) is 0.155. The Morgan fingerprint density at radius 2 is 1.76 bits per heavy atom. The van der Waals surface area contributed by atoms with E-state index in [9.17, 15) is 0 Å². The lowest BCUT2D eigenvalue weighted by molar-refractivity contribution is 0.00123. The van der Waals surface area contributed by atoms with Gasteiger partial charge in [-0.2, -0.15) is 0 Å². The number of methoxy groups -OCH3 is 1. The third-order valence-corrected chi connectivity index (χ3v) is 3.09. The fourth-order valence-corrected chi connectivity index (χ4v) is 2.15. The monoisotopic (exact) mass is 350 g/mol. The fraction of sp³-hybridized carbons (Fsp3) is 0.538. The highest BCUT2D eigenvalue weighted by Gasteiger charge is 2.09. The van der Waals surface area contributed by atoms with Crippen LogP contribution in [0.4, 0.5) is 0 Å². The van der Waals surface area contributed by atoms with Crippen LogP contribution in [0.1, 0.15) is 11.7 Å². The van der Waals surface area contributed by atoms with Gasteiger partial charge in [0.15, 0.2) is 0 Å². The number of ether oxygens (including phenoxy) is 3. The molecule has 0 radical (unpaired) electrons. The topological polar surface area (TPSA) is 27.7 Å². The molecule has 0 saturated carbocycles. The van der Waals surface area contributed by atoms with E-state index in [1.165, 1.54) is 5.56 Å². The molecule has 3 nitrogen and oxygen atoms in total. The van der Waals surface area contributed by atoms with Gasteiger partial charge in [-0.05, 0) is 5.56 Å². The molecule has 0 amide bonds. The molecule has 0 saturated heterocycles. The van der Waals surface area contributed by atoms with Crippen molar-refractivity contribution in [2.75, 3.05) is 38.0 Å². The highest BCUT2D eigenvalue weighted by Crippen LogP contribution is 2.19. The molecule has 96 valence electrons. The molecule has 0 fully saturated rings. The smallest absolute Gasteiger partial charge is 0.0915 e. The molecule has 1 atom stereocenters. The molecule has 0 N–H and O–H groups in total. The second-order valence-electron chi connectivity index (χ2n) is 3.53. The third kappa shape index (κ3) is 6.35. The van der Waals surface area contributed by atoms with Crippen molar-refractivity contribution in [2.45, 2.75) is 6.10 Å². The third-order valence-electron chi connectivity index (χ3n) is 2.29. The van der Waals surface area contributed by atoms with Gasteiger partial charge >= 0.3 is 0 Å². The second kappa shape index (κ2) is 9.82. The van der Waals surface area contributed by atoms with Crippen LogP contribution in [0.3, 0.4) is 0 Å². The lowest BCUT2D eigenvalue weighted by Gasteiger charge is -2.15. The number of hydrogen-bond acceptors (Lipinski definition) is 3. The highest BCUT2D eigenvalue weighted by molar-refractivity contribution is 14.1. The Bertz CT molecular complexity index is 279. The van der Waals surface area contributed by atoms with Crippen molar-refractivity contribution in [1.82, 2.24) is 0 Å². The molecule has 17 heavy (non-hydrogen) atoms. The van der Waals surface area contributed by atoms with Gasteiger partial charge in [0.1, 0.15) is 0 Å². The first-order chi connectivity index (χ1) is 8.38. The predicted molar refractivity (Wildman–Crippen MR) is 76.7 cm³/mol. The maximum Gasteiger partial charge on any atom is 0.0915 e. The number of alkyl halides is 1. The van der Waals surface area contributed by atoms with E-state index in [0.29, 0.717) is 26.4 Å². The molecule has 0 aromatic heterocycles. The molecule has 1 rings (SSSR count). The molecule has 0 heterocycles. The zero-order valence-electron chi connectivity index (χ0n) is 10.1. The maximum absolute atomic E-state index is 5.78. The Balaban J connectivity index is 2.20. The standard InChI is InChI=1S/C13H19IO3/c1-15-7-8-16-9-10-17-13(11-14)12-5-3-2-4-6-12/h2-6,13H,7-11H2,1H3. The summed E-state index contributed by atoms with van der Waals surface area (Å²) in [5, 5.41) is 0. The zero-order valence-corrected chi connectivity index (χ0v) is 12.3. The van der Waals surface area contributed by atoms with Crippen LogP contribution in [0.25, 0.3) is 0 Å². The van der Waals surface area contributed by atoms with Crippen LogP contribution in [-0.4, -0.2) is 38.0 Å². The van der Waals surface area contributed by atoms with E-state index in [1.54, 1.807) is 7.11 Å².